The number of hydrogen-bond acceptors (Lipinski definition) is 4. The fourth-order valence-corrected chi connectivity index (χ4v) is 0. The predicted molar refractivity (Wildman–Crippen MR) is 16.6 cm³/mol. The molecule has 0 aromatic rings. The van der Waals surface area contributed by atoms with Gasteiger partial charge in [-0.25, -0.2) is 0 Å². The summed E-state index contributed by atoms with van der Waals surface area (Å²) in [4.78, 5) is 8.25. The van der Waals surface area contributed by atoms with Crippen LogP contribution in [0.3, 0.4) is 0 Å². The van der Waals surface area contributed by atoms with Gasteiger partial charge in [0.1, 0.15) is 0 Å². The van der Waals surface area contributed by atoms with E-state index < -0.39 is 5.09 Å². The molecular formula is H3LiN2O4. The van der Waals surface area contributed by atoms with E-state index >= 15 is 0 Å². The van der Waals surface area contributed by atoms with Crippen LogP contribution in [-0.2, 0) is 0 Å². The minimum atomic E-state index is -1.75. The van der Waals surface area contributed by atoms with E-state index in [2.05, 4.69) is 0 Å². The van der Waals surface area contributed by atoms with Gasteiger partial charge in [0.2, 0.25) is 0 Å². The summed E-state index contributed by atoms with van der Waals surface area (Å²) < 4.78 is 0. The van der Waals surface area contributed by atoms with Crippen LogP contribution in [0.25, 0.3) is 0 Å². The van der Waals surface area contributed by atoms with Gasteiger partial charge in [0.15, 0.2) is 0 Å². The van der Waals surface area contributed by atoms with Gasteiger partial charge < -0.3 is 26.4 Å². The second-order valence-corrected chi connectivity index (χ2v) is 0.224. The van der Waals surface area contributed by atoms with E-state index in [1.165, 1.54) is 0 Å². The SMILES string of the molecule is O=[N+]([O-])[O-].[Li+].[NH3+][O-]. The first-order valence-corrected chi connectivity index (χ1v) is 0.836. The maximum absolute atomic E-state index is 8.25. The Morgan fingerprint density at radius 3 is 1.29 bits per heavy atom. The van der Waals surface area contributed by atoms with Crippen molar-refractivity contribution < 1.29 is 29.8 Å². The van der Waals surface area contributed by atoms with Crippen LogP contribution < -0.4 is 24.8 Å². The summed E-state index contributed by atoms with van der Waals surface area (Å²) in [5.74, 6) is 2.00. The van der Waals surface area contributed by atoms with Gasteiger partial charge in [0, 0.05) is 0 Å². The van der Waals surface area contributed by atoms with Gasteiger partial charge in [-0.1, -0.05) is 0 Å². The Hall–Kier alpha value is -0.283. The van der Waals surface area contributed by atoms with Crippen molar-refractivity contribution in [3.05, 3.63) is 20.5 Å². The molecule has 0 unspecified atom stereocenters. The Morgan fingerprint density at radius 1 is 1.29 bits per heavy atom. The summed E-state index contributed by atoms with van der Waals surface area (Å²) in [6.45, 7) is 0. The number of hydrogen-bond donors (Lipinski definition) is 1. The molecule has 0 bridgehead atoms. The van der Waals surface area contributed by atoms with Crippen LogP contribution >= 0.6 is 0 Å². The monoisotopic (exact) mass is 102 g/mol. The van der Waals surface area contributed by atoms with E-state index in [-0.39, 0.29) is 18.9 Å². The molecule has 0 radical (unpaired) electrons. The van der Waals surface area contributed by atoms with Crippen molar-refractivity contribution >= 4 is 0 Å². The molecular weight excluding hydrogens is 99.0 g/mol. The second kappa shape index (κ2) is 17.2. The van der Waals surface area contributed by atoms with Crippen LogP contribution in [0, 0.1) is 20.5 Å². The summed E-state index contributed by atoms with van der Waals surface area (Å²) in [6.07, 6.45) is 0. The van der Waals surface area contributed by atoms with Gasteiger partial charge in [-0.15, -0.1) is 0 Å². The second-order valence-electron chi connectivity index (χ2n) is 0.224. The summed E-state index contributed by atoms with van der Waals surface area (Å²) in [6, 6.07) is 0. The molecule has 0 rings (SSSR count). The topological polar surface area (TPSA) is 117 Å². The van der Waals surface area contributed by atoms with Crippen molar-refractivity contribution in [1.29, 1.82) is 0 Å². The minimum absolute atomic E-state index is 0. The summed E-state index contributed by atoms with van der Waals surface area (Å²) in [7, 11) is 0. The largest absolute Gasteiger partial charge is 1.00 e. The zero-order valence-corrected chi connectivity index (χ0v) is 3.79. The molecule has 0 spiro atoms. The van der Waals surface area contributed by atoms with Crippen molar-refractivity contribution in [2.75, 3.05) is 0 Å². The fourth-order valence-electron chi connectivity index (χ4n) is 0. The zero-order chi connectivity index (χ0) is 5.58. The molecule has 38 valence electrons. The third kappa shape index (κ3) is 989. The molecule has 0 saturated carbocycles. The number of quaternary nitrogens is 1. The Morgan fingerprint density at radius 2 is 1.29 bits per heavy atom. The summed E-state index contributed by atoms with van der Waals surface area (Å²) >= 11 is 0. The van der Waals surface area contributed by atoms with Crippen LogP contribution in [0.4, 0.5) is 0 Å². The molecule has 0 aromatic carbocycles. The van der Waals surface area contributed by atoms with E-state index in [1.807, 2.05) is 5.90 Å². The van der Waals surface area contributed by atoms with E-state index in [0.29, 0.717) is 0 Å². The minimum Gasteiger partial charge on any atom is -0.637 e. The maximum atomic E-state index is 8.25. The van der Waals surface area contributed by atoms with Crippen molar-refractivity contribution in [1.82, 2.24) is 0 Å². The molecule has 0 aliphatic rings. The zero-order valence-electron chi connectivity index (χ0n) is 3.79. The van der Waals surface area contributed by atoms with Crippen molar-refractivity contribution in [3.8, 4) is 0 Å². The van der Waals surface area contributed by atoms with E-state index in [9.17, 15) is 0 Å². The summed E-state index contributed by atoms with van der Waals surface area (Å²) in [5.41, 5.74) is 0. The molecule has 7 heavy (non-hydrogen) atoms. The van der Waals surface area contributed by atoms with Gasteiger partial charge in [-0.05, 0) is 0 Å². The molecule has 0 fully saturated rings. The average Bonchev–Trinajstić information content (AvgIpc) is 1.41. The van der Waals surface area contributed by atoms with Crippen LogP contribution in [0.1, 0.15) is 0 Å². The van der Waals surface area contributed by atoms with Crippen LogP contribution in [-0.4, -0.2) is 5.09 Å². The van der Waals surface area contributed by atoms with E-state index in [0.717, 1.165) is 0 Å². The molecule has 0 aliphatic heterocycles. The fraction of sp³-hybridized carbons (Fsp3) is 0. The van der Waals surface area contributed by atoms with Crippen LogP contribution in [0.15, 0.2) is 0 Å². The summed E-state index contributed by atoms with van der Waals surface area (Å²) in [5, 5.41) is 22.8. The third-order valence-corrected chi connectivity index (χ3v) is 0. The predicted octanol–water partition coefficient (Wildman–Crippen LogP) is -4.51. The molecule has 0 atom stereocenters. The first-order valence-electron chi connectivity index (χ1n) is 0.836. The van der Waals surface area contributed by atoms with Gasteiger partial charge in [-0.2, -0.15) is 0 Å². The number of nitrogens with zero attached hydrogens (tertiary/aromatic N) is 1. The molecule has 0 aliphatic carbocycles. The van der Waals surface area contributed by atoms with E-state index in [4.69, 9.17) is 20.5 Å². The Labute approximate surface area is 51.2 Å². The molecule has 0 aromatic heterocycles. The van der Waals surface area contributed by atoms with E-state index in [1.54, 1.807) is 0 Å². The van der Waals surface area contributed by atoms with Gasteiger partial charge in [0.25, 0.3) is 0 Å². The smallest absolute Gasteiger partial charge is 0.637 e. The van der Waals surface area contributed by atoms with Gasteiger partial charge >= 0.3 is 18.9 Å². The third-order valence-electron chi connectivity index (χ3n) is 0. The molecule has 3 N–H and O–H groups in total. The Kier molecular flexibility index (Phi) is 39.1. The normalized spacial score (nSPS) is 4.29. The van der Waals surface area contributed by atoms with Crippen molar-refractivity contribution in [3.63, 3.8) is 0 Å². The van der Waals surface area contributed by atoms with Crippen LogP contribution in [0.5, 0.6) is 0 Å². The molecule has 6 nitrogen and oxygen atoms in total. The molecule has 0 saturated heterocycles. The molecule has 0 heterocycles. The maximum Gasteiger partial charge on any atom is 1.00 e. The van der Waals surface area contributed by atoms with Crippen molar-refractivity contribution in [2.45, 2.75) is 0 Å². The Bertz CT molecular complexity index is 32.7. The molecule has 0 amide bonds. The molecule has 7 heteroatoms. The van der Waals surface area contributed by atoms with Gasteiger partial charge in [0.05, 0.1) is 5.09 Å². The van der Waals surface area contributed by atoms with Crippen molar-refractivity contribution in [2.24, 2.45) is 0 Å². The first-order chi connectivity index (χ1) is 2.73. The first kappa shape index (κ1) is 15.9. The van der Waals surface area contributed by atoms with Gasteiger partial charge in [-0.3, -0.25) is 0 Å². The standard InChI is InChI=1S/Li.NO3.H3NO/c;2-1(3)4;1-2/h;;1H3/q+1;-1;. The number of rotatable bonds is 0. The average molecular weight is 102 g/mol. The van der Waals surface area contributed by atoms with Crippen LogP contribution in [0.2, 0.25) is 0 Å². The quantitative estimate of drug-likeness (QED) is 0.188. The Balaban J connectivity index is -0.0000000480.